The molecule has 5 unspecified atom stereocenters. The number of unbranched alkanes of at least 4 members (excludes halogenated alkanes) is 1. The standard InChI is InChI=1S/C15H27N3O4/c1-10-11(2)13(9-17-18-16)22-15(12(10)3)21-8-6-5-7-14(19)20-4/h10-13,15H,5-9H2,1-4H3. The smallest absolute Gasteiger partial charge is 0.305 e. The van der Waals surface area contributed by atoms with Crippen LogP contribution in [0.1, 0.15) is 40.0 Å². The lowest BCUT2D eigenvalue weighted by Crippen LogP contribution is -2.47. The molecule has 1 saturated heterocycles. The van der Waals surface area contributed by atoms with Gasteiger partial charge in [-0.05, 0) is 30.2 Å². The van der Waals surface area contributed by atoms with E-state index < -0.39 is 0 Å². The predicted molar refractivity (Wildman–Crippen MR) is 82.0 cm³/mol. The second kappa shape index (κ2) is 9.66. The first kappa shape index (κ1) is 18.7. The molecule has 0 aromatic carbocycles. The fourth-order valence-electron chi connectivity index (χ4n) is 2.68. The van der Waals surface area contributed by atoms with E-state index in [2.05, 4.69) is 35.5 Å². The summed E-state index contributed by atoms with van der Waals surface area (Å²) in [5, 5.41) is 3.63. The zero-order valence-electron chi connectivity index (χ0n) is 13.9. The normalized spacial score (nSPS) is 31.4. The van der Waals surface area contributed by atoms with Gasteiger partial charge in [0.05, 0.1) is 19.8 Å². The number of hydrogen-bond donors (Lipinski definition) is 0. The van der Waals surface area contributed by atoms with E-state index in [9.17, 15) is 4.79 Å². The topological polar surface area (TPSA) is 93.5 Å². The second-order valence-corrected chi connectivity index (χ2v) is 5.94. The molecule has 0 bridgehead atoms. The third kappa shape index (κ3) is 5.48. The Kier molecular flexibility index (Phi) is 8.24. The van der Waals surface area contributed by atoms with Gasteiger partial charge in [0.15, 0.2) is 6.29 Å². The van der Waals surface area contributed by atoms with Gasteiger partial charge in [0.1, 0.15) is 0 Å². The number of nitrogens with zero attached hydrogens (tertiary/aromatic N) is 3. The van der Waals surface area contributed by atoms with E-state index in [1.54, 1.807) is 0 Å². The number of rotatable bonds is 8. The summed E-state index contributed by atoms with van der Waals surface area (Å²) in [5.74, 6) is 0.824. The van der Waals surface area contributed by atoms with Crippen LogP contribution >= 0.6 is 0 Å². The minimum Gasteiger partial charge on any atom is -0.469 e. The van der Waals surface area contributed by atoms with Crippen LogP contribution in [0.4, 0.5) is 0 Å². The lowest BCUT2D eigenvalue weighted by atomic mass is 9.79. The van der Waals surface area contributed by atoms with Crippen LogP contribution in [-0.4, -0.2) is 38.6 Å². The van der Waals surface area contributed by atoms with Crippen LogP contribution < -0.4 is 0 Å². The summed E-state index contributed by atoms with van der Waals surface area (Å²) in [7, 11) is 1.39. The Morgan fingerprint density at radius 2 is 1.95 bits per heavy atom. The fraction of sp³-hybridized carbons (Fsp3) is 0.933. The maximum absolute atomic E-state index is 11.0. The van der Waals surface area contributed by atoms with E-state index >= 15 is 0 Å². The summed E-state index contributed by atoms with van der Waals surface area (Å²) >= 11 is 0. The maximum atomic E-state index is 11.0. The van der Waals surface area contributed by atoms with Crippen LogP contribution in [0.2, 0.25) is 0 Å². The van der Waals surface area contributed by atoms with Crippen LogP contribution in [0, 0.1) is 17.8 Å². The highest BCUT2D eigenvalue weighted by Gasteiger charge is 2.39. The molecule has 0 saturated carbocycles. The van der Waals surface area contributed by atoms with Crippen molar-refractivity contribution in [2.45, 2.75) is 52.4 Å². The van der Waals surface area contributed by atoms with Crippen LogP contribution in [0.25, 0.3) is 10.4 Å². The van der Waals surface area contributed by atoms with Gasteiger partial charge in [-0.2, -0.15) is 0 Å². The molecule has 0 spiro atoms. The number of esters is 1. The Labute approximate surface area is 131 Å². The van der Waals surface area contributed by atoms with Gasteiger partial charge in [0.2, 0.25) is 0 Å². The van der Waals surface area contributed by atoms with E-state index in [4.69, 9.17) is 15.0 Å². The number of ether oxygens (including phenoxy) is 3. The molecule has 0 aliphatic carbocycles. The molecule has 5 atom stereocenters. The van der Waals surface area contributed by atoms with Crippen molar-refractivity contribution in [3.8, 4) is 0 Å². The molecule has 7 nitrogen and oxygen atoms in total. The van der Waals surface area contributed by atoms with Gasteiger partial charge in [-0.3, -0.25) is 4.79 Å². The molecule has 1 fully saturated rings. The Bertz CT molecular complexity index is 398. The summed E-state index contributed by atoms with van der Waals surface area (Å²) in [4.78, 5) is 13.8. The molecule has 0 radical (unpaired) electrons. The first-order chi connectivity index (χ1) is 10.5. The predicted octanol–water partition coefficient (Wildman–Crippen LogP) is 3.29. The number of azide groups is 1. The van der Waals surface area contributed by atoms with Gasteiger partial charge in [0.25, 0.3) is 0 Å². The van der Waals surface area contributed by atoms with Gasteiger partial charge in [-0.1, -0.05) is 25.9 Å². The average Bonchev–Trinajstić information content (AvgIpc) is 2.52. The molecule has 0 aromatic heterocycles. The summed E-state index contributed by atoms with van der Waals surface area (Å²) in [6.07, 6.45) is 1.54. The maximum Gasteiger partial charge on any atom is 0.305 e. The van der Waals surface area contributed by atoms with Crippen LogP contribution in [-0.2, 0) is 19.0 Å². The third-order valence-corrected chi connectivity index (χ3v) is 4.59. The molecule has 0 amide bonds. The van der Waals surface area contributed by atoms with Crippen molar-refractivity contribution in [2.24, 2.45) is 22.9 Å². The quantitative estimate of drug-likeness (QED) is 0.226. The molecule has 1 rings (SSSR count). The SMILES string of the molecule is COC(=O)CCCCOC1OC(CN=[N+]=[N-])C(C)C(C)C1C. The molecule has 22 heavy (non-hydrogen) atoms. The Balaban J connectivity index is 2.40. The first-order valence-corrected chi connectivity index (χ1v) is 7.86. The molecular weight excluding hydrogens is 286 g/mol. The van der Waals surface area contributed by atoms with E-state index in [1.807, 2.05) is 0 Å². The third-order valence-electron chi connectivity index (χ3n) is 4.59. The Hall–Kier alpha value is -1.30. The largest absolute Gasteiger partial charge is 0.469 e. The average molecular weight is 313 g/mol. The summed E-state index contributed by atoms with van der Waals surface area (Å²) in [6, 6.07) is 0. The van der Waals surface area contributed by atoms with E-state index in [0.29, 0.717) is 31.4 Å². The van der Waals surface area contributed by atoms with Crippen molar-refractivity contribution in [3.05, 3.63) is 10.4 Å². The Morgan fingerprint density at radius 1 is 1.23 bits per heavy atom. The Morgan fingerprint density at radius 3 is 2.59 bits per heavy atom. The number of carbonyl (C=O) groups excluding carboxylic acids is 1. The van der Waals surface area contributed by atoms with Crippen molar-refractivity contribution in [1.29, 1.82) is 0 Å². The number of methoxy groups -OCH3 is 1. The summed E-state index contributed by atoms with van der Waals surface area (Å²) < 4.78 is 16.4. The van der Waals surface area contributed by atoms with Gasteiger partial charge in [-0.15, -0.1) is 0 Å². The van der Waals surface area contributed by atoms with Crippen molar-refractivity contribution >= 4 is 5.97 Å². The lowest BCUT2D eigenvalue weighted by molar-refractivity contribution is -0.245. The van der Waals surface area contributed by atoms with Crippen molar-refractivity contribution in [2.75, 3.05) is 20.3 Å². The second-order valence-electron chi connectivity index (χ2n) is 5.94. The zero-order chi connectivity index (χ0) is 16.5. The van der Waals surface area contributed by atoms with Crippen LogP contribution in [0.3, 0.4) is 0 Å². The number of carbonyl (C=O) groups is 1. The molecular formula is C15H27N3O4. The minimum atomic E-state index is -0.289. The highest BCUT2D eigenvalue weighted by Crippen LogP contribution is 2.35. The van der Waals surface area contributed by atoms with Gasteiger partial charge in [0, 0.05) is 23.9 Å². The van der Waals surface area contributed by atoms with Crippen LogP contribution in [0.15, 0.2) is 5.11 Å². The molecule has 7 heteroatoms. The van der Waals surface area contributed by atoms with Crippen molar-refractivity contribution in [3.63, 3.8) is 0 Å². The fourth-order valence-corrected chi connectivity index (χ4v) is 2.68. The zero-order valence-corrected chi connectivity index (χ0v) is 13.9. The van der Waals surface area contributed by atoms with E-state index in [1.165, 1.54) is 7.11 Å². The minimum absolute atomic E-state index is 0.109. The lowest BCUT2D eigenvalue weighted by Gasteiger charge is -2.43. The van der Waals surface area contributed by atoms with Crippen molar-refractivity contribution in [1.82, 2.24) is 0 Å². The van der Waals surface area contributed by atoms with Gasteiger partial charge in [-0.25, -0.2) is 0 Å². The molecule has 1 aliphatic rings. The first-order valence-electron chi connectivity index (χ1n) is 7.86. The molecule has 1 aliphatic heterocycles. The molecule has 0 aromatic rings. The highest BCUT2D eigenvalue weighted by atomic mass is 16.7. The molecule has 126 valence electrons. The summed E-state index contributed by atoms with van der Waals surface area (Å²) in [5.41, 5.74) is 8.47. The van der Waals surface area contributed by atoms with Gasteiger partial charge < -0.3 is 14.2 Å². The van der Waals surface area contributed by atoms with Crippen molar-refractivity contribution < 1.29 is 19.0 Å². The highest BCUT2D eigenvalue weighted by molar-refractivity contribution is 5.68. The van der Waals surface area contributed by atoms with E-state index in [0.717, 1.165) is 12.8 Å². The molecule has 1 heterocycles. The van der Waals surface area contributed by atoms with Gasteiger partial charge >= 0.3 is 5.97 Å². The van der Waals surface area contributed by atoms with Crippen LogP contribution in [0.5, 0.6) is 0 Å². The monoisotopic (exact) mass is 313 g/mol. The van der Waals surface area contributed by atoms with E-state index in [-0.39, 0.29) is 24.3 Å². The number of hydrogen-bond acceptors (Lipinski definition) is 5. The summed E-state index contributed by atoms with van der Waals surface area (Å²) in [6.45, 7) is 7.28. The molecule has 0 N–H and O–H groups in total.